The molecule has 0 aromatic heterocycles. The Labute approximate surface area is 125 Å². The second-order valence-corrected chi connectivity index (χ2v) is 8.03. The van der Waals surface area contributed by atoms with E-state index in [1.807, 2.05) is 19.9 Å². The van der Waals surface area contributed by atoms with Crippen LogP contribution < -0.4 is 4.72 Å². The smallest absolute Gasteiger partial charge is 0.207 e. The highest BCUT2D eigenvalue weighted by Crippen LogP contribution is 2.30. The molecular weight excluding hydrogens is 296 g/mol. The summed E-state index contributed by atoms with van der Waals surface area (Å²) >= 11 is 6.10. The van der Waals surface area contributed by atoms with E-state index in [-0.39, 0.29) is 21.4 Å². The van der Waals surface area contributed by atoms with Gasteiger partial charge in [-0.2, -0.15) is 5.26 Å². The SMILES string of the molecule is CC(C)c1cc(Cl)c(S(=O)(=O)NC(C)(C)C)c(C#N)c1. The lowest BCUT2D eigenvalue weighted by atomic mass is 10.0. The number of halogens is 1. The van der Waals surface area contributed by atoms with E-state index in [1.54, 1.807) is 32.9 Å². The van der Waals surface area contributed by atoms with E-state index in [1.165, 1.54) is 0 Å². The molecule has 0 saturated heterocycles. The van der Waals surface area contributed by atoms with E-state index in [0.717, 1.165) is 5.56 Å². The van der Waals surface area contributed by atoms with Crippen molar-refractivity contribution in [1.29, 1.82) is 5.26 Å². The number of nitriles is 1. The predicted octanol–water partition coefficient (Wildman–Crippen LogP) is 3.41. The molecule has 20 heavy (non-hydrogen) atoms. The quantitative estimate of drug-likeness (QED) is 0.929. The number of benzene rings is 1. The van der Waals surface area contributed by atoms with E-state index in [4.69, 9.17) is 11.6 Å². The topological polar surface area (TPSA) is 70.0 Å². The van der Waals surface area contributed by atoms with Gasteiger partial charge in [-0.1, -0.05) is 25.4 Å². The van der Waals surface area contributed by atoms with Gasteiger partial charge in [-0.25, -0.2) is 13.1 Å². The first-order valence-electron chi connectivity index (χ1n) is 6.25. The fraction of sp³-hybridized carbons (Fsp3) is 0.500. The number of sulfonamides is 1. The molecule has 1 N–H and O–H groups in total. The van der Waals surface area contributed by atoms with Gasteiger partial charge in [0.2, 0.25) is 10.0 Å². The highest BCUT2D eigenvalue weighted by Gasteiger charge is 2.27. The molecule has 0 saturated carbocycles. The first kappa shape index (κ1) is 17.0. The van der Waals surface area contributed by atoms with Crippen LogP contribution in [-0.2, 0) is 10.0 Å². The zero-order valence-electron chi connectivity index (χ0n) is 12.3. The maximum Gasteiger partial charge on any atom is 0.243 e. The first-order valence-corrected chi connectivity index (χ1v) is 8.11. The van der Waals surface area contributed by atoms with Gasteiger partial charge < -0.3 is 0 Å². The minimum Gasteiger partial charge on any atom is -0.207 e. The minimum atomic E-state index is -3.84. The van der Waals surface area contributed by atoms with E-state index in [9.17, 15) is 13.7 Å². The van der Waals surface area contributed by atoms with Crippen molar-refractivity contribution in [3.05, 3.63) is 28.3 Å². The largest absolute Gasteiger partial charge is 0.243 e. The summed E-state index contributed by atoms with van der Waals surface area (Å²) in [5.41, 5.74) is 0.255. The maximum absolute atomic E-state index is 12.4. The van der Waals surface area contributed by atoms with Crippen LogP contribution in [0.15, 0.2) is 17.0 Å². The molecule has 0 bridgehead atoms. The summed E-state index contributed by atoms with van der Waals surface area (Å²) in [4.78, 5) is -0.152. The zero-order chi connectivity index (χ0) is 15.7. The Hall–Kier alpha value is -1.09. The van der Waals surface area contributed by atoms with Crippen LogP contribution in [0.5, 0.6) is 0 Å². The third kappa shape index (κ3) is 3.95. The van der Waals surface area contributed by atoms with Crippen LogP contribution in [0.3, 0.4) is 0 Å². The second kappa shape index (κ2) is 5.72. The van der Waals surface area contributed by atoms with Crippen molar-refractivity contribution in [3.63, 3.8) is 0 Å². The van der Waals surface area contributed by atoms with E-state index >= 15 is 0 Å². The Morgan fingerprint density at radius 3 is 2.25 bits per heavy atom. The van der Waals surface area contributed by atoms with Crippen molar-refractivity contribution in [3.8, 4) is 6.07 Å². The van der Waals surface area contributed by atoms with Gasteiger partial charge in [-0.3, -0.25) is 0 Å². The van der Waals surface area contributed by atoms with Crippen LogP contribution in [0.2, 0.25) is 5.02 Å². The first-order chi connectivity index (χ1) is 8.98. The third-order valence-corrected chi connectivity index (χ3v) is 4.83. The molecule has 0 unspecified atom stereocenters. The summed E-state index contributed by atoms with van der Waals surface area (Å²) in [5.74, 6) is 0.159. The average molecular weight is 315 g/mol. The van der Waals surface area contributed by atoms with E-state index in [2.05, 4.69) is 4.72 Å². The normalized spacial score (nSPS) is 12.5. The zero-order valence-corrected chi connectivity index (χ0v) is 13.9. The number of hydrogen-bond acceptors (Lipinski definition) is 3. The predicted molar refractivity (Wildman–Crippen MR) is 80.3 cm³/mol. The Kier molecular flexibility index (Phi) is 4.86. The third-order valence-electron chi connectivity index (χ3n) is 2.56. The highest BCUT2D eigenvalue weighted by atomic mass is 35.5. The lowest BCUT2D eigenvalue weighted by Crippen LogP contribution is -2.40. The lowest BCUT2D eigenvalue weighted by Gasteiger charge is -2.21. The number of hydrogen-bond donors (Lipinski definition) is 1. The number of nitrogens with one attached hydrogen (secondary N) is 1. The highest BCUT2D eigenvalue weighted by molar-refractivity contribution is 7.89. The van der Waals surface area contributed by atoms with E-state index < -0.39 is 15.6 Å². The Bertz CT molecular complexity index is 653. The van der Waals surface area contributed by atoms with Crippen LogP contribution in [0.4, 0.5) is 0 Å². The summed E-state index contributed by atoms with van der Waals surface area (Å²) in [6.07, 6.45) is 0. The van der Waals surface area contributed by atoms with E-state index in [0.29, 0.717) is 0 Å². The van der Waals surface area contributed by atoms with Crippen molar-refractivity contribution in [2.45, 2.75) is 51.0 Å². The summed E-state index contributed by atoms with van der Waals surface area (Å²) in [5, 5.41) is 9.28. The summed E-state index contributed by atoms with van der Waals surface area (Å²) in [7, 11) is -3.84. The second-order valence-electron chi connectivity index (χ2n) is 6.00. The molecular formula is C14H19ClN2O2S. The molecule has 0 aliphatic heterocycles. The Morgan fingerprint density at radius 1 is 1.30 bits per heavy atom. The van der Waals surface area contributed by atoms with Crippen molar-refractivity contribution in [2.24, 2.45) is 0 Å². The molecule has 0 atom stereocenters. The molecule has 0 amide bonds. The summed E-state index contributed by atoms with van der Waals surface area (Å²) in [6, 6.07) is 5.10. The molecule has 0 radical (unpaired) electrons. The van der Waals surface area contributed by atoms with Gasteiger partial charge in [0.1, 0.15) is 11.0 Å². The molecule has 1 rings (SSSR count). The van der Waals surface area contributed by atoms with Crippen molar-refractivity contribution >= 4 is 21.6 Å². The van der Waals surface area contributed by atoms with Crippen molar-refractivity contribution in [2.75, 3.05) is 0 Å². The van der Waals surface area contributed by atoms with Gasteiger partial charge in [0.15, 0.2) is 0 Å². The summed E-state index contributed by atoms with van der Waals surface area (Å²) < 4.78 is 27.3. The van der Waals surface area contributed by atoms with Crippen LogP contribution in [0.25, 0.3) is 0 Å². The standard InChI is InChI=1S/C14H19ClN2O2S/c1-9(2)10-6-11(8-16)13(12(15)7-10)20(18,19)17-14(3,4)5/h6-7,9,17H,1-5H3. The van der Waals surface area contributed by atoms with Gasteiger partial charge in [0, 0.05) is 5.54 Å². The molecule has 1 aromatic rings. The molecule has 0 aliphatic carbocycles. The molecule has 6 heteroatoms. The monoisotopic (exact) mass is 314 g/mol. The fourth-order valence-corrected chi connectivity index (χ4v) is 3.91. The minimum absolute atomic E-state index is 0.0675. The fourth-order valence-electron chi connectivity index (χ4n) is 1.76. The van der Waals surface area contributed by atoms with Crippen LogP contribution in [-0.4, -0.2) is 14.0 Å². The molecule has 110 valence electrons. The average Bonchev–Trinajstić information content (AvgIpc) is 2.23. The molecule has 0 fully saturated rings. The molecule has 0 aliphatic rings. The molecule has 0 spiro atoms. The Balaban J connectivity index is 3.51. The van der Waals surface area contributed by atoms with Gasteiger partial charge in [0.25, 0.3) is 0 Å². The summed E-state index contributed by atoms with van der Waals surface area (Å²) in [6.45, 7) is 9.09. The van der Waals surface area contributed by atoms with Crippen LogP contribution in [0, 0.1) is 11.3 Å². The van der Waals surface area contributed by atoms with Crippen molar-refractivity contribution in [1.82, 2.24) is 4.72 Å². The van der Waals surface area contributed by atoms with Crippen molar-refractivity contribution < 1.29 is 8.42 Å². The molecule has 0 heterocycles. The molecule has 4 nitrogen and oxygen atoms in total. The van der Waals surface area contributed by atoms with Gasteiger partial charge in [-0.05, 0) is 44.4 Å². The maximum atomic E-state index is 12.4. The number of rotatable bonds is 3. The molecule has 1 aromatic carbocycles. The lowest BCUT2D eigenvalue weighted by molar-refractivity contribution is 0.491. The Morgan fingerprint density at radius 2 is 1.85 bits per heavy atom. The van der Waals surface area contributed by atoms with Gasteiger partial charge in [-0.15, -0.1) is 0 Å². The van der Waals surface area contributed by atoms with Crippen LogP contribution in [0.1, 0.15) is 51.7 Å². The van der Waals surface area contributed by atoms with Gasteiger partial charge >= 0.3 is 0 Å². The van der Waals surface area contributed by atoms with Crippen LogP contribution >= 0.6 is 11.6 Å². The number of nitrogens with zero attached hydrogens (tertiary/aromatic N) is 1. The van der Waals surface area contributed by atoms with Gasteiger partial charge in [0.05, 0.1) is 10.6 Å².